The predicted octanol–water partition coefficient (Wildman–Crippen LogP) is 6.32. The van der Waals surface area contributed by atoms with Crippen molar-refractivity contribution in [3.05, 3.63) is 57.2 Å². The summed E-state index contributed by atoms with van der Waals surface area (Å²) in [4.78, 5) is 18.5. The first-order chi connectivity index (χ1) is 14.9. The minimum Gasteiger partial charge on any atom is -0.439 e. The van der Waals surface area contributed by atoms with E-state index in [1.807, 2.05) is 0 Å². The number of cyclic esters (lactones) is 1. The van der Waals surface area contributed by atoms with Gasteiger partial charge in [0.25, 0.3) is 0 Å². The molecule has 2 fully saturated rings. The number of hydrogen-bond donors (Lipinski definition) is 1. The van der Waals surface area contributed by atoms with E-state index >= 15 is 0 Å². The highest BCUT2D eigenvalue weighted by Gasteiger charge is 2.52. The number of carbonyl (C=O) groups excluding carboxylic acids is 1. The molecule has 0 radical (unpaired) electrons. The van der Waals surface area contributed by atoms with Crippen LogP contribution < -0.4 is 5.32 Å². The second-order valence-electron chi connectivity index (χ2n) is 7.52. The second-order valence-corrected chi connectivity index (χ2v) is 8.38. The molecule has 2 aliphatic rings. The lowest BCUT2D eigenvalue weighted by Gasteiger charge is -2.23. The van der Waals surface area contributed by atoms with Crippen molar-refractivity contribution in [3.8, 4) is 0 Å². The van der Waals surface area contributed by atoms with Crippen LogP contribution in [0.25, 0.3) is 0 Å². The van der Waals surface area contributed by atoms with Crippen LogP contribution in [0.2, 0.25) is 0 Å². The van der Waals surface area contributed by atoms with E-state index in [1.165, 1.54) is 4.90 Å². The van der Waals surface area contributed by atoms with Crippen LogP contribution in [-0.4, -0.2) is 29.1 Å². The van der Waals surface area contributed by atoms with E-state index in [-0.39, 0.29) is 11.6 Å². The van der Waals surface area contributed by atoms with Gasteiger partial charge in [0.05, 0.1) is 28.9 Å². The normalized spacial score (nSPS) is 23.3. The summed E-state index contributed by atoms with van der Waals surface area (Å²) < 4.78 is 85.5. The van der Waals surface area contributed by atoms with E-state index in [0.29, 0.717) is 41.0 Å². The fraction of sp³-hybridized carbons (Fsp3) is 0.400. The topological polar surface area (TPSA) is 54.5 Å². The fourth-order valence-corrected chi connectivity index (χ4v) is 4.66. The van der Waals surface area contributed by atoms with Gasteiger partial charge in [-0.05, 0) is 64.7 Å². The largest absolute Gasteiger partial charge is 0.439 e. The van der Waals surface area contributed by atoms with Crippen LogP contribution in [0.1, 0.15) is 47.4 Å². The first-order valence-corrected chi connectivity index (χ1v) is 10.3. The molecule has 2 saturated heterocycles. The molecule has 0 spiro atoms. The van der Waals surface area contributed by atoms with Crippen LogP contribution in [0.3, 0.4) is 0 Å². The summed E-state index contributed by atoms with van der Waals surface area (Å²) in [5.74, 6) is 0.545. The van der Waals surface area contributed by atoms with Gasteiger partial charge in [0, 0.05) is 11.5 Å². The van der Waals surface area contributed by atoms with E-state index in [9.17, 15) is 31.1 Å². The molecule has 2 aromatic rings. The second kappa shape index (κ2) is 7.82. The minimum atomic E-state index is -4.99. The maximum atomic E-state index is 13.3. The zero-order chi connectivity index (χ0) is 23.4. The Morgan fingerprint density at radius 3 is 2.25 bits per heavy atom. The molecule has 1 N–H and O–H groups in total. The molecule has 4 rings (SSSR count). The molecule has 2 unspecified atom stereocenters. The molecular weight excluding hydrogens is 508 g/mol. The van der Waals surface area contributed by atoms with Crippen molar-refractivity contribution in [1.29, 1.82) is 0 Å². The lowest BCUT2D eigenvalue weighted by molar-refractivity contribution is -0.143. The zero-order valence-corrected chi connectivity index (χ0v) is 18.0. The summed E-state index contributed by atoms with van der Waals surface area (Å²) in [7, 11) is 1.67. The Hall–Kier alpha value is -2.50. The maximum absolute atomic E-state index is 13.3. The Bertz CT molecular complexity index is 1030. The highest BCUT2D eigenvalue weighted by Crippen LogP contribution is 2.49. The number of pyridine rings is 1. The third-order valence-electron chi connectivity index (χ3n) is 5.60. The van der Waals surface area contributed by atoms with Gasteiger partial charge in [-0.15, -0.1) is 0 Å². The van der Waals surface area contributed by atoms with Crippen molar-refractivity contribution in [1.82, 2.24) is 9.88 Å². The average molecular weight is 524 g/mol. The number of aromatic nitrogens is 1. The number of rotatable bonds is 3. The van der Waals surface area contributed by atoms with Crippen LogP contribution in [0.15, 0.2) is 34.8 Å². The SMILES string of the molecule is CNc1ccc(Br)c([C@@H]2CCC3C(c4cc(C(F)(F)F)cc(C(F)(F)F)c4)OC(=O)N32)n1. The number of hydrogen-bond acceptors (Lipinski definition) is 4. The van der Waals surface area contributed by atoms with Gasteiger partial charge in [-0.25, -0.2) is 9.78 Å². The molecule has 0 saturated carbocycles. The van der Waals surface area contributed by atoms with Gasteiger partial charge in [0.15, 0.2) is 0 Å². The molecule has 1 amide bonds. The summed E-state index contributed by atoms with van der Waals surface area (Å²) in [5, 5.41) is 2.88. The Kier molecular flexibility index (Phi) is 5.54. The third kappa shape index (κ3) is 4.00. The molecule has 0 aliphatic carbocycles. The van der Waals surface area contributed by atoms with Crippen LogP contribution in [-0.2, 0) is 17.1 Å². The predicted molar refractivity (Wildman–Crippen MR) is 105 cm³/mol. The number of amides is 1. The van der Waals surface area contributed by atoms with E-state index in [1.54, 1.807) is 19.2 Å². The van der Waals surface area contributed by atoms with Crippen molar-refractivity contribution >= 4 is 27.8 Å². The molecule has 3 heterocycles. The quantitative estimate of drug-likeness (QED) is 0.478. The summed E-state index contributed by atoms with van der Waals surface area (Å²) in [5.41, 5.74) is -2.71. The Morgan fingerprint density at radius 1 is 1.06 bits per heavy atom. The van der Waals surface area contributed by atoms with E-state index in [2.05, 4.69) is 26.2 Å². The number of nitrogens with one attached hydrogen (secondary N) is 1. The minimum absolute atomic E-state index is 0.0553. The van der Waals surface area contributed by atoms with E-state index in [0.717, 1.165) is 0 Å². The van der Waals surface area contributed by atoms with Gasteiger partial charge in [0.1, 0.15) is 11.9 Å². The summed E-state index contributed by atoms with van der Waals surface area (Å²) in [6, 6.07) is 3.48. The summed E-state index contributed by atoms with van der Waals surface area (Å²) >= 11 is 3.39. The number of nitrogens with zero attached hydrogens (tertiary/aromatic N) is 2. The number of anilines is 1. The molecule has 12 heteroatoms. The Labute approximate surface area is 186 Å². The number of benzene rings is 1. The molecular formula is C20H16BrF6N3O2. The Morgan fingerprint density at radius 2 is 1.69 bits per heavy atom. The lowest BCUT2D eigenvalue weighted by Crippen LogP contribution is -2.31. The number of ether oxygens (including phenoxy) is 1. The van der Waals surface area contributed by atoms with Crippen LogP contribution in [0.5, 0.6) is 0 Å². The van der Waals surface area contributed by atoms with Crippen LogP contribution >= 0.6 is 15.9 Å². The number of fused-ring (bicyclic) bond motifs is 1. The van der Waals surface area contributed by atoms with Gasteiger partial charge in [-0.2, -0.15) is 26.3 Å². The Balaban J connectivity index is 1.72. The average Bonchev–Trinajstić information content (AvgIpc) is 3.28. The van der Waals surface area contributed by atoms with Gasteiger partial charge >= 0.3 is 18.4 Å². The standard InChI is InChI=1S/C20H16BrF6N3O2/c1-28-15-5-2-12(21)16(29-15)13-3-4-14-17(32-18(31)30(13)14)9-6-10(19(22,23)24)8-11(7-9)20(25,26)27/h2,5-8,13-14,17H,3-4H2,1H3,(H,28,29)/t13-,14?,17?/m0/s1. The van der Waals surface area contributed by atoms with Crippen LogP contribution in [0.4, 0.5) is 37.0 Å². The van der Waals surface area contributed by atoms with Crippen LogP contribution in [0, 0.1) is 0 Å². The molecule has 1 aromatic carbocycles. The maximum Gasteiger partial charge on any atom is 0.416 e. The first kappa shape index (κ1) is 22.7. The zero-order valence-electron chi connectivity index (χ0n) is 16.4. The lowest BCUT2D eigenvalue weighted by atomic mass is 9.96. The van der Waals surface area contributed by atoms with Crippen molar-refractivity contribution in [2.45, 2.75) is 43.4 Å². The van der Waals surface area contributed by atoms with Gasteiger partial charge in [-0.3, -0.25) is 4.90 Å². The van der Waals surface area contributed by atoms with Gasteiger partial charge in [-0.1, -0.05) is 0 Å². The van der Waals surface area contributed by atoms with E-state index in [4.69, 9.17) is 4.74 Å². The molecule has 32 heavy (non-hydrogen) atoms. The number of halogens is 7. The molecule has 2 aliphatic heterocycles. The highest BCUT2D eigenvalue weighted by molar-refractivity contribution is 9.10. The van der Waals surface area contributed by atoms with Crippen molar-refractivity contribution < 1.29 is 35.9 Å². The summed E-state index contributed by atoms with van der Waals surface area (Å²) in [6.45, 7) is 0. The smallest absolute Gasteiger partial charge is 0.416 e. The summed E-state index contributed by atoms with van der Waals surface area (Å²) in [6.07, 6.45) is -11.3. The monoisotopic (exact) mass is 523 g/mol. The molecule has 5 nitrogen and oxygen atoms in total. The third-order valence-corrected chi connectivity index (χ3v) is 6.27. The molecule has 172 valence electrons. The van der Waals surface area contributed by atoms with E-state index < -0.39 is 47.8 Å². The molecule has 1 aromatic heterocycles. The molecule has 0 bridgehead atoms. The first-order valence-electron chi connectivity index (χ1n) is 9.52. The van der Waals surface area contributed by atoms with Gasteiger partial charge < -0.3 is 10.1 Å². The fourth-order valence-electron chi connectivity index (χ4n) is 4.18. The van der Waals surface area contributed by atoms with Crippen molar-refractivity contribution in [2.75, 3.05) is 12.4 Å². The number of carbonyl (C=O) groups is 1. The molecule has 3 atom stereocenters. The highest BCUT2D eigenvalue weighted by atomic mass is 79.9. The van der Waals surface area contributed by atoms with Crippen molar-refractivity contribution in [3.63, 3.8) is 0 Å². The van der Waals surface area contributed by atoms with Gasteiger partial charge in [0.2, 0.25) is 0 Å². The number of alkyl halides is 6. The van der Waals surface area contributed by atoms with Crippen molar-refractivity contribution in [2.24, 2.45) is 0 Å².